The molecule has 1 amide bonds. The Morgan fingerprint density at radius 1 is 1.19 bits per heavy atom. The van der Waals surface area contributed by atoms with Crippen LogP contribution < -0.4 is 10.6 Å². The summed E-state index contributed by atoms with van der Waals surface area (Å²) >= 11 is 3.35. The molecule has 4 nitrogen and oxygen atoms in total. The number of nitrogens with one attached hydrogen (secondary N) is 2. The molecule has 0 aliphatic heterocycles. The van der Waals surface area contributed by atoms with E-state index < -0.39 is 0 Å². The molecule has 1 heterocycles. The molecule has 0 aliphatic carbocycles. The summed E-state index contributed by atoms with van der Waals surface area (Å²) in [6.45, 7) is 3.32. The Labute approximate surface area is 133 Å². The first-order chi connectivity index (χ1) is 10.2. The zero-order valence-electron chi connectivity index (χ0n) is 11.8. The van der Waals surface area contributed by atoms with Crippen LogP contribution in [0.2, 0.25) is 0 Å². The maximum atomic E-state index is 11.9. The zero-order valence-corrected chi connectivity index (χ0v) is 13.4. The average molecular weight is 348 g/mol. The fraction of sp³-hybridized carbons (Fsp3) is 0.250. The Balaban J connectivity index is 1.72. The van der Waals surface area contributed by atoms with Crippen LogP contribution in [0.1, 0.15) is 29.0 Å². The molecule has 0 fully saturated rings. The van der Waals surface area contributed by atoms with E-state index in [2.05, 4.69) is 38.5 Å². The first kappa shape index (κ1) is 15.7. The number of pyridine rings is 1. The van der Waals surface area contributed by atoms with Crippen molar-refractivity contribution in [2.24, 2.45) is 0 Å². The molecule has 0 bridgehead atoms. The third kappa shape index (κ3) is 4.95. The summed E-state index contributed by atoms with van der Waals surface area (Å²) in [4.78, 5) is 16.2. The molecular formula is C16H18BrN3O. The Hall–Kier alpha value is -1.72. The van der Waals surface area contributed by atoms with E-state index in [9.17, 15) is 4.79 Å². The molecule has 21 heavy (non-hydrogen) atoms. The summed E-state index contributed by atoms with van der Waals surface area (Å²) in [6.07, 6.45) is 1.78. The first-order valence-corrected chi connectivity index (χ1v) is 7.64. The van der Waals surface area contributed by atoms with Gasteiger partial charge in [0.25, 0.3) is 5.91 Å². The minimum atomic E-state index is -0.0604. The highest BCUT2D eigenvalue weighted by atomic mass is 79.9. The number of rotatable bonds is 6. The third-order valence-electron chi connectivity index (χ3n) is 3.10. The molecule has 1 aromatic heterocycles. The van der Waals surface area contributed by atoms with E-state index >= 15 is 0 Å². The topological polar surface area (TPSA) is 54.0 Å². The van der Waals surface area contributed by atoms with Crippen molar-refractivity contribution in [3.05, 3.63) is 64.4 Å². The largest absolute Gasteiger partial charge is 0.351 e. The van der Waals surface area contributed by atoms with Gasteiger partial charge in [-0.05, 0) is 43.3 Å². The number of carbonyl (C=O) groups is 1. The minimum absolute atomic E-state index is 0.0604. The second kappa shape index (κ2) is 7.90. The molecule has 5 heteroatoms. The minimum Gasteiger partial charge on any atom is -0.351 e. The average Bonchev–Trinajstić information content (AvgIpc) is 2.52. The highest BCUT2D eigenvalue weighted by Gasteiger charge is 2.06. The lowest BCUT2D eigenvalue weighted by molar-refractivity contribution is 0.0953. The Bertz CT molecular complexity index is 572. The van der Waals surface area contributed by atoms with Gasteiger partial charge in [-0.25, -0.2) is 0 Å². The van der Waals surface area contributed by atoms with Crippen LogP contribution in [-0.4, -0.2) is 24.0 Å². The molecule has 2 rings (SSSR count). The molecule has 2 N–H and O–H groups in total. The van der Waals surface area contributed by atoms with E-state index in [-0.39, 0.29) is 11.9 Å². The number of aromatic nitrogens is 1. The molecule has 0 saturated carbocycles. The number of benzene rings is 1. The fourth-order valence-electron chi connectivity index (χ4n) is 1.90. The van der Waals surface area contributed by atoms with E-state index in [4.69, 9.17) is 0 Å². The van der Waals surface area contributed by atoms with Gasteiger partial charge < -0.3 is 10.6 Å². The normalized spacial score (nSPS) is 11.9. The highest BCUT2D eigenvalue weighted by molar-refractivity contribution is 9.10. The number of hydrogen-bond acceptors (Lipinski definition) is 3. The summed E-state index contributed by atoms with van der Waals surface area (Å²) in [7, 11) is 0. The summed E-state index contributed by atoms with van der Waals surface area (Å²) in [5.41, 5.74) is 1.66. The fourth-order valence-corrected chi connectivity index (χ4v) is 2.17. The predicted molar refractivity (Wildman–Crippen MR) is 87.1 cm³/mol. The van der Waals surface area contributed by atoms with Crippen LogP contribution in [0.3, 0.4) is 0 Å². The maximum absolute atomic E-state index is 11.9. The smallest absolute Gasteiger partial charge is 0.251 e. The number of amides is 1. The van der Waals surface area contributed by atoms with Gasteiger partial charge in [0.05, 0.1) is 5.69 Å². The number of nitrogens with zero attached hydrogens (tertiary/aromatic N) is 1. The summed E-state index contributed by atoms with van der Waals surface area (Å²) < 4.78 is 0.963. The molecular weight excluding hydrogens is 330 g/mol. The van der Waals surface area contributed by atoms with E-state index in [1.54, 1.807) is 18.3 Å². The van der Waals surface area contributed by atoms with Crippen molar-refractivity contribution in [2.75, 3.05) is 13.1 Å². The van der Waals surface area contributed by atoms with E-state index in [1.165, 1.54) is 0 Å². The van der Waals surface area contributed by atoms with Gasteiger partial charge in [-0.2, -0.15) is 0 Å². The van der Waals surface area contributed by atoms with Gasteiger partial charge in [0.2, 0.25) is 0 Å². The molecule has 0 saturated heterocycles. The first-order valence-electron chi connectivity index (χ1n) is 6.85. The monoisotopic (exact) mass is 347 g/mol. The van der Waals surface area contributed by atoms with Crippen molar-refractivity contribution in [1.82, 2.24) is 15.6 Å². The molecule has 1 unspecified atom stereocenters. The van der Waals surface area contributed by atoms with Crippen molar-refractivity contribution in [3.63, 3.8) is 0 Å². The molecule has 0 radical (unpaired) electrons. The van der Waals surface area contributed by atoms with Gasteiger partial charge >= 0.3 is 0 Å². The molecule has 0 aliphatic rings. The van der Waals surface area contributed by atoms with Crippen molar-refractivity contribution in [2.45, 2.75) is 13.0 Å². The molecule has 1 atom stereocenters. The second-order valence-electron chi connectivity index (χ2n) is 4.69. The lowest BCUT2D eigenvalue weighted by Gasteiger charge is -2.13. The van der Waals surface area contributed by atoms with Crippen LogP contribution in [-0.2, 0) is 0 Å². The van der Waals surface area contributed by atoms with Gasteiger partial charge in [0.15, 0.2) is 0 Å². The molecule has 110 valence electrons. The molecule has 2 aromatic rings. The third-order valence-corrected chi connectivity index (χ3v) is 3.63. The Morgan fingerprint density at radius 3 is 2.62 bits per heavy atom. The Kier molecular flexibility index (Phi) is 5.90. The van der Waals surface area contributed by atoms with Gasteiger partial charge in [-0.15, -0.1) is 0 Å². The second-order valence-corrected chi connectivity index (χ2v) is 5.61. The summed E-state index contributed by atoms with van der Waals surface area (Å²) in [6, 6.07) is 13.3. The van der Waals surface area contributed by atoms with E-state index in [0.717, 1.165) is 10.2 Å². The van der Waals surface area contributed by atoms with Crippen molar-refractivity contribution < 1.29 is 4.79 Å². The van der Waals surface area contributed by atoms with Crippen LogP contribution in [0.5, 0.6) is 0 Å². The number of hydrogen-bond donors (Lipinski definition) is 2. The summed E-state index contributed by atoms with van der Waals surface area (Å²) in [5.74, 6) is -0.0604. The number of halogens is 1. The van der Waals surface area contributed by atoms with Crippen LogP contribution in [0.15, 0.2) is 53.1 Å². The lowest BCUT2D eigenvalue weighted by Crippen LogP contribution is -2.33. The SMILES string of the molecule is CC(NCCNC(=O)c1ccc(Br)cc1)c1ccccn1. The van der Waals surface area contributed by atoms with Crippen molar-refractivity contribution in [3.8, 4) is 0 Å². The highest BCUT2D eigenvalue weighted by Crippen LogP contribution is 2.10. The zero-order chi connectivity index (χ0) is 15.1. The van der Waals surface area contributed by atoms with Crippen LogP contribution >= 0.6 is 15.9 Å². The van der Waals surface area contributed by atoms with Crippen LogP contribution in [0.25, 0.3) is 0 Å². The Morgan fingerprint density at radius 2 is 1.95 bits per heavy atom. The molecule has 1 aromatic carbocycles. The summed E-state index contributed by atoms with van der Waals surface area (Å²) in [5, 5.41) is 6.22. The maximum Gasteiger partial charge on any atom is 0.251 e. The van der Waals surface area contributed by atoms with Crippen molar-refractivity contribution in [1.29, 1.82) is 0 Å². The van der Waals surface area contributed by atoms with Gasteiger partial charge in [-0.3, -0.25) is 9.78 Å². The molecule has 0 spiro atoms. The van der Waals surface area contributed by atoms with Crippen molar-refractivity contribution >= 4 is 21.8 Å². The quantitative estimate of drug-likeness (QED) is 0.790. The van der Waals surface area contributed by atoms with Crippen LogP contribution in [0.4, 0.5) is 0 Å². The van der Waals surface area contributed by atoms with Gasteiger partial charge in [-0.1, -0.05) is 22.0 Å². The predicted octanol–water partition coefficient (Wildman–Crippen LogP) is 2.92. The number of carbonyl (C=O) groups excluding carboxylic acids is 1. The van der Waals surface area contributed by atoms with E-state index in [0.29, 0.717) is 18.7 Å². The lowest BCUT2D eigenvalue weighted by atomic mass is 10.2. The van der Waals surface area contributed by atoms with Gasteiger partial charge in [0.1, 0.15) is 0 Å². The van der Waals surface area contributed by atoms with Crippen LogP contribution in [0, 0.1) is 0 Å². The van der Waals surface area contributed by atoms with E-state index in [1.807, 2.05) is 30.3 Å². The standard InChI is InChI=1S/C16H18BrN3O/c1-12(15-4-2-3-9-19-15)18-10-11-20-16(21)13-5-7-14(17)8-6-13/h2-9,12,18H,10-11H2,1H3,(H,20,21). The van der Waals surface area contributed by atoms with Gasteiger partial charge in [0, 0.05) is 35.4 Å².